The van der Waals surface area contributed by atoms with Gasteiger partial charge in [0.25, 0.3) is 6.43 Å². The molecule has 0 spiro atoms. The average Bonchev–Trinajstić information content (AvgIpc) is 2.67. The third-order valence-corrected chi connectivity index (χ3v) is 3.97. The summed E-state index contributed by atoms with van der Waals surface area (Å²) in [5.41, 5.74) is 1.09. The van der Waals surface area contributed by atoms with Gasteiger partial charge in [0.1, 0.15) is 0 Å². The van der Waals surface area contributed by atoms with Gasteiger partial charge in [-0.1, -0.05) is 6.92 Å². The molecular formula is C11H15F2NS. The summed E-state index contributed by atoms with van der Waals surface area (Å²) in [6, 6.07) is 0. The maximum absolute atomic E-state index is 12.7. The zero-order chi connectivity index (χ0) is 10.8. The van der Waals surface area contributed by atoms with E-state index >= 15 is 0 Å². The summed E-state index contributed by atoms with van der Waals surface area (Å²) in [5, 5.41) is 6.75. The molecule has 2 rings (SSSR count). The Morgan fingerprint density at radius 3 is 2.93 bits per heavy atom. The summed E-state index contributed by atoms with van der Waals surface area (Å²) < 4.78 is 25.5. The molecule has 1 aromatic rings. The van der Waals surface area contributed by atoms with Crippen LogP contribution in [0.3, 0.4) is 0 Å². The van der Waals surface area contributed by atoms with Crippen LogP contribution in [0.25, 0.3) is 0 Å². The first-order chi connectivity index (χ1) is 7.20. The second-order valence-corrected chi connectivity index (χ2v) is 4.90. The molecule has 0 saturated carbocycles. The number of halogens is 2. The molecule has 2 unspecified atom stereocenters. The molecular weight excluding hydrogens is 216 g/mol. The first-order valence-corrected chi connectivity index (χ1v) is 6.19. The van der Waals surface area contributed by atoms with E-state index in [2.05, 4.69) is 12.2 Å². The van der Waals surface area contributed by atoms with E-state index < -0.39 is 6.43 Å². The van der Waals surface area contributed by atoms with E-state index in [9.17, 15) is 8.78 Å². The van der Waals surface area contributed by atoms with Crippen molar-refractivity contribution < 1.29 is 8.78 Å². The molecule has 1 nitrogen and oxygen atoms in total. The van der Waals surface area contributed by atoms with Crippen LogP contribution in [0.2, 0.25) is 0 Å². The lowest BCUT2D eigenvalue weighted by atomic mass is 9.82. The van der Waals surface area contributed by atoms with Crippen LogP contribution in [-0.4, -0.2) is 13.1 Å². The molecule has 84 valence electrons. The second-order valence-electron chi connectivity index (χ2n) is 4.16. The number of thiophene rings is 1. The maximum atomic E-state index is 12.7. The van der Waals surface area contributed by atoms with Gasteiger partial charge in [-0.2, -0.15) is 11.3 Å². The van der Waals surface area contributed by atoms with Crippen molar-refractivity contribution in [1.82, 2.24) is 5.32 Å². The average molecular weight is 231 g/mol. The third-order valence-electron chi connectivity index (χ3n) is 3.19. The van der Waals surface area contributed by atoms with Crippen molar-refractivity contribution in [2.45, 2.75) is 25.7 Å². The topological polar surface area (TPSA) is 12.0 Å². The quantitative estimate of drug-likeness (QED) is 0.822. The van der Waals surface area contributed by atoms with E-state index in [1.165, 1.54) is 11.3 Å². The van der Waals surface area contributed by atoms with Crippen molar-refractivity contribution >= 4 is 11.3 Å². The van der Waals surface area contributed by atoms with Gasteiger partial charge in [-0.05, 0) is 35.2 Å². The number of nitrogens with one attached hydrogen (secondary N) is 1. The van der Waals surface area contributed by atoms with Gasteiger partial charge in [-0.15, -0.1) is 0 Å². The highest BCUT2D eigenvalue weighted by atomic mass is 32.1. The Hall–Kier alpha value is -0.480. The number of hydrogen-bond donors (Lipinski definition) is 1. The Kier molecular flexibility index (Phi) is 3.36. The molecule has 2 heterocycles. The van der Waals surface area contributed by atoms with Crippen LogP contribution < -0.4 is 5.32 Å². The van der Waals surface area contributed by atoms with Crippen LogP contribution >= 0.6 is 11.3 Å². The summed E-state index contributed by atoms with van der Waals surface area (Å²) in [6.07, 6.45) is -1.26. The summed E-state index contributed by atoms with van der Waals surface area (Å²) in [5.74, 6) is 0.757. The van der Waals surface area contributed by atoms with Gasteiger partial charge < -0.3 is 5.32 Å². The largest absolute Gasteiger partial charge is 0.316 e. The fraction of sp³-hybridized carbons (Fsp3) is 0.636. The van der Waals surface area contributed by atoms with Gasteiger partial charge in [-0.25, -0.2) is 8.78 Å². The molecule has 1 aliphatic heterocycles. The molecule has 0 bridgehead atoms. The number of rotatable bonds is 2. The monoisotopic (exact) mass is 231 g/mol. The van der Waals surface area contributed by atoms with Gasteiger partial charge in [0.2, 0.25) is 0 Å². The fourth-order valence-corrected chi connectivity index (χ4v) is 3.11. The van der Waals surface area contributed by atoms with Crippen molar-refractivity contribution in [2.24, 2.45) is 5.92 Å². The third kappa shape index (κ3) is 2.21. The smallest absolute Gasteiger partial charge is 0.264 e. The minimum Gasteiger partial charge on any atom is -0.316 e. The maximum Gasteiger partial charge on any atom is 0.264 e. The Balaban J connectivity index is 2.23. The predicted octanol–water partition coefficient (Wildman–Crippen LogP) is 3.40. The molecule has 0 aliphatic carbocycles. The van der Waals surface area contributed by atoms with Crippen LogP contribution in [0.1, 0.15) is 36.8 Å². The summed E-state index contributed by atoms with van der Waals surface area (Å²) in [7, 11) is 0. The normalized spacial score (nSPS) is 27.2. The molecule has 4 heteroatoms. The summed E-state index contributed by atoms with van der Waals surface area (Å²) in [4.78, 5) is 0. The van der Waals surface area contributed by atoms with Gasteiger partial charge >= 0.3 is 0 Å². The molecule has 15 heavy (non-hydrogen) atoms. The number of alkyl halides is 2. The van der Waals surface area contributed by atoms with E-state index in [1.807, 2.05) is 5.38 Å². The molecule has 1 saturated heterocycles. The van der Waals surface area contributed by atoms with Crippen LogP contribution in [-0.2, 0) is 0 Å². The van der Waals surface area contributed by atoms with E-state index in [4.69, 9.17) is 0 Å². The SMILES string of the molecule is CC1CCNCC1c1cscc1C(F)F. The molecule has 1 aliphatic rings. The molecule has 2 atom stereocenters. The Bertz CT molecular complexity index is 324. The molecule has 0 amide bonds. The zero-order valence-electron chi connectivity index (χ0n) is 8.67. The van der Waals surface area contributed by atoms with Gasteiger partial charge in [0.05, 0.1) is 0 Å². The minimum atomic E-state index is -2.33. The minimum absolute atomic E-state index is 0.237. The number of piperidine rings is 1. The first kappa shape index (κ1) is 11.0. The summed E-state index contributed by atoms with van der Waals surface area (Å²) in [6.45, 7) is 3.99. The predicted molar refractivity (Wildman–Crippen MR) is 58.7 cm³/mol. The van der Waals surface area contributed by atoms with E-state index in [1.54, 1.807) is 5.38 Å². The molecule has 0 aromatic carbocycles. The molecule has 0 radical (unpaired) electrons. The fourth-order valence-electron chi connectivity index (χ4n) is 2.20. The lowest BCUT2D eigenvalue weighted by Crippen LogP contribution is -2.34. The van der Waals surface area contributed by atoms with Gasteiger partial charge in [0.15, 0.2) is 0 Å². The van der Waals surface area contributed by atoms with Crippen molar-refractivity contribution in [3.63, 3.8) is 0 Å². The highest BCUT2D eigenvalue weighted by molar-refractivity contribution is 7.08. The summed E-state index contributed by atoms with van der Waals surface area (Å²) >= 11 is 1.38. The zero-order valence-corrected chi connectivity index (χ0v) is 9.49. The molecule has 1 aromatic heterocycles. The lowest BCUT2D eigenvalue weighted by Gasteiger charge is -2.30. The Morgan fingerprint density at radius 2 is 2.27 bits per heavy atom. The van der Waals surface area contributed by atoms with E-state index in [0.717, 1.165) is 25.1 Å². The highest BCUT2D eigenvalue weighted by Gasteiger charge is 2.27. The van der Waals surface area contributed by atoms with Gasteiger partial charge in [-0.3, -0.25) is 0 Å². The first-order valence-electron chi connectivity index (χ1n) is 5.25. The standard InChI is InChI=1S/C11H15F2NS/c1-7-2-3-14-4-8(7)9-5-15-6-10(9)11(12)13/h5-8,11,14H,2-4H2,1H3. The van der Waals surface area contributed by atoms with Crippen molar-refractivity contribution in [3.8, 4) is 0 Å². The van der Waals surface area contributed by atoms with Crippen molar-refractivity contribution in [1.29, 1.82) is 0 Å². The number of hydrogen-bond acceptors (Lipinski definition) is 2. The van der Waals surface area contributed by atoms with Crippen LogP contribution in [0, 0.1) is 5.92 Å². The Labute approximate surface area is 92.5 Å². The van der Waals surface area contributed by atoms with Crippen LogP contribution in [0.15, 0.2) is 10.8 Å². The lowest BCUT2D eigenvalue weighted by molar-refractivity contribution is 0.149. The molecule has 1 N–H and O–H groups in total. The highest BCUT2D eigenvalue weighted by Crippen LogP contribution is 2.37. The van der Waals surface area contributed by atoms with Crippen LogP contribution in [0.5, 0.6) is 0 Å². The van der Waals surface area contributed by atoms with Crippen molar-refractivity contribution in [2.75, 3.05) is 13.1 Å². The van der Waals surface area contributed by atoms with Crippen LogP contribution in [0.4, 0.5) is 8.78 Å². The van der Waals surface area contributed by atoms with E-state index in [0.29, 0.717) is 5.92 Å². The Morgan fingerprint density at radius 1 is 1.47 bits per heavy atom. The van der Waals surface area contributed by atoms with Crippen molar-refractivity contribution in [3.05, 3.63) is 21.9 Å². The molecule has 1 fully saturated rings. The second kappa shape index (κ2) is 4.58. The van der Waals surface area contributed by atoms with E-state index in [-0.39, 0.29) is 11.5 Å². The van der Waals surface area contributed by atoms with Gasteiger partial charge in [0, 0.05) is 18.0 Å².